The molecule has 0 aliphatic carbocycles. The van der Waals surface area contributed by atoms with Gasteiger partial charge in [-0.3, -0.25) is 4.90 Å². The molecule has 0 N–H and O–H groups in total. The maximum Gasteiger partial charge on any atom is 0.243 e. The van der Waals surface area contributed by atoms with Crippen LogP contribution in [0.15, 0.2) is 53.4 Å². The molecule has 0 amide bonds. The van der Waals surface area contributed by atoms with E-state index in [1.54, 1.807) is 4.31 Å². The van der Waals surface area contributed by atoms with Crippen LogP contribution in [0.25, 0.3) is 6.08 Å². The smallest absolute Gasteiger partial charge is 0.243 e. The van der Waals surface area contributed by atoms with Gasteiger partial charge in [-0.2, -0.15) is 4.31 Å². The molecule has 0 saturated carbocycles. The van der Waals surface area contributed by atoms with Crippen LogP contribution in [0.4, 0.5) is 0 Å². The first kappa shape index (κ1) is 22.7. The molecule has 1 heterocycles. The summed E-state index contributed by atoms with van der Waals surface area (Å²) in [6, 6.07) is 13.8. The summed E-state index contributed by atoms with van der Waals surface area (Å²) in [5, 5.41) is 0. The van der Waals surface area contributed by atoms with Gasteiger partial charge < -0.3 is 4.74 Å². The number of benzene rings is 2. The number of sulfonamides is 1. The van der Waals surface area contributed by atoms with E-state index < -0.39 is 10.0 Å². The fourth-order valence-corrected chi connectivity index (χ4v) is 5.75. The minimum atomic E-state index is -3.61. The zero-order valence-electron chi connectivity index (χ0n) is 18.2. The third-order valence-electron chi connectivity index (χ3n) is 5.39. The van der Waals surface area contributed by atoms with Crippen molar-refractivity contribution in [2.24, 2.45) is 0 Å². The molecule has 1 fully saturated rings. The molecule has 2 aromatic rings. The van der Waals surface area contributed by atoms with Crippen LogP contribution in [0.1, 0.15) is 22.3 Å². The number of hydrogen-bond donors (Lipinski definition) is 0. The molecule has 0 radical (unpaired) electrons. The van der Waals surface area contributed by atoms with E-state index in [2.05, 4.69) is 4.90 Å². The van der Waals surface area contributed by atoms with E-state index in [0.29, 0.717) is 37.7 Å². The second-order valence-electron chi connectivity index (χ2n) is 7.86. The molecule has 30 heavy (non-hydrogen) atoms. The van der Waals surface area contributed by atoms with E-state index >= 15 is 0 Å². The van der Waals surface area contributed by atoms with Gasteiger partial charge in [-0.05, 0) is 37.5 Å². The van der Waals surface area contributed by atoms with Gasteiger partial charge in [0.1, 0.15) is 0 Å². The molecule has 3 rings (SSSR count). The number of nitrogens with zero attached hydrogens (tertiary/aromatic N) is 2. The second kappa shape index (κ2) is 10.4. The zero-order chi connectivity index (χ0) is 21.6. The molecule has 6 heteroatoms. The third-order valence-corrected chi connectivity index (χ3v) is 7.56. The maximum absolute atomic E-state index is 13.6. The highest BCUT2D eigenvalue weighted by atomic mass is 32.2. The molecule has 1 saturated heterocycles. The molecule has 2 aromatic carbocycles. The van der Waals surface area contributed by atoms with Crippen molar-refractivity contribution in [1.29, 1.82) is 0 Å². The summed E-state index contributed by atoms with van der Waals surface area (Å²) in [5.41, 5.74) is 3.74. The molecular weight excluding hydrogens is 396 g/mol. The van der Waals surface area contributed by atoms with Crippen LogP contribution in [0.3, 0.4) is 0 Å². The van der Waals surface area contributed by atoms with E-state index in [4.69, 9.17) is 4.74 Å². The maximum atomic E-state index is 13.6. The quantitative estimate of drug-likeness (QED) is 0.644. The van der Waals surface area contributed by atoms with Crippen molar-refractivity contribution in [3.8, 4) is 0 Å². The molecule has 1 aliphatic heterocycles. The third kappa shape index (κ3) is 5.79. The minimum Gasteiger partial charge on any atom is -0.379 e. The first-order valence-corrected chi connectivity index (χ1v) is 11.9. The Morgan fingerprint density at radius 3 is 2.30 bits per heavy atom. The van der Waals surface area contributed by atoms with Gasteiger partial charge in [-0.15, -0.1) is 0 Å². The molecular formula is C24H32N2O3S. The predicted octanol–water partition coefficient (Wildman–Crippen LogP) is 3.65. The van der Waals surface area contributed by atoms with Crippen LogP contribution in [-0.2, 0) is 14.8 Å². The van der Waals surface area contributed by atoms with Gasteiger partial charge in [0, 0.05) is 32.7 Å². The van der Waals surface area contributed by atoms with Crippen molar-refractivity contribution in [1.82, 2.24) is 9.21 Å². The Bertz CT molecular complexity index is 942. The zero-order valence-corrected chi connectivity index (χ0v) is 19.0. The van der Waals surface area contributed by atoms with Crippen molar-refractivity contribution in [2.45, 2.75) is 25.7 Å². The normalized spacial score (nSPS) is 15.9. The van der Waals surface area contributed by atoms with Crippen molar-refractivity contribution in [3.05, 3.63) is 70.8 Å². The number of hydrogen-bond acceptors (Lipinski definition) is 4. The van der Waals surface area contributed by atoms with Gasteiger partial charge in [0.2, 0.25) is 10.0 Å². The van der Waals surface area contributed by atoms with E-state index in [-0.39, 0.29) is 0 Å². The van der Waals surface area contributed by atoms with Gasteiger partial charge in [0.15, 0.2) is 0 Å². The molecule has 0 bridgehead atoms. The Hall–Kier alpha value is -1.99. The largest absolute Gasteiger partial charge is 0.379 e. The standard InChI is InChI=1S/C24H32N2O3S/c1-20-18-21(2)24(22(3)19-20)30(27,28)26(13-12-25-14-16-29-17-15-25)11-7-10-23-8-5-4-6-9-23/h4-10,18-19H,11-17H2,1-3H3/b10-7+. The molecule has 0 aromatic heterocycles. The van der Waals surface area contributed by atoms with Crippen molar-refractivity contribution in [2.75, 3.05) is 45.9 Å². The van der Waals surface area contributed by atoms with Crippen molar-refractivity contribution < 1.29 is 13.2 Å². The molecule has 1 aliphatic rings. The Morgan fingerprint density at radius 1 is 1.03 bits per heavy atom. The fraction of sp³-hybridized carbons (Fsp3) is 0.417. The summed E-state index contributed by atoms with van der Waals surface area (Å²) in [4.78, 5) is 2.70. The van der Waals surface area contributed by atoms with Gasteiger partial charge in [0.05, 0.1) is 18.1 Å². The van der Waals surface area contributed by atoms with E-state index in [1.165, 1.54) is 0 Å². The van der Waals surface area contributed by atoms with Crippen LogP contribution >= 0.6 is 0 Å². The first-order valence-electron chi connectivity index (χ1n) is 10.5. The van der Waals surface area contributed by atoms with Gasteiger partial charge in [-0.1, -0.05) is 60.2 Å². The Morgan fingerprint density at radius 2 is 1.67 bits per heavy atom. The van der Waals surface area contributed by atoms with E-state index in [0.717, 1.165) is 35.3 Å². The summed E-state index contributed by atoms with van der Waals surface area (Å²) < 4.78 is 34.3. The predicted molar refractivity (Wildman–Crippen MR) is 122 cm³/mol. The van der Waals surface area contributed by atoms with Gasteiger partial charge >= 0.3 is 0 Å². The molecule has 0 unspecified atom stereocenters. The van der Waals surface area contributed by atoms with Crippen molar-refractivity contribution >= 4 is 16.1 Å². The summed E-state index contributed by atoms with van der Waals surface area (Å²) in [7, 11) is -3.61. The van der Waals surface area contributed by atoms with E-state index in [1.807, 2.05) is 75.4 Å². The van der Waals surface area contributed by atoms with Gasteiger partial charge in [0.25, 0.3) is 0 Å². The van der Waals surface area contributed by atoms with Crippen LogP contribution in [-0.4, -0.2) is 63.6 Å². The number of ether oxygens (including phenoxy) is 1. The lowest BCUT2D eigenvalue weighted by atomic mass is 10.1. The van der Waals surface area contributed by atoms with E-state index in [9.17, 15) is 8.42 Å². The molecule has 0 atom stereocenters. The van der Waals surface area contributed by atoms with Crippen LogP contribution < -0.4 is 0 Å². The average molecular weight is 429 g/mol. The lowest BCUT2D eigenvalue weighted by Gasteiger charge is -2.30. The lowest BCUT2D eigenvalue weighted by Crippen LogP contribution is -2.43. The SMILES string of the molecule is Cc1cc(C)c(S(=O)(=O)N(C/C=C/c2ccccc2)CCN2CCOCC2)c(C)c1. The minimum absolute atomic E-state index is 0.342. The second-order valence-corrected chi connectivity index (χ2v) is 9.73. The molecule has 0 spiro atoms. The summed E-state index contributed by atoms with van der Waals surface area (Å²) in [6.07, 6.45) is 3.91. The van der Waals surface area contributed by atoms with Crippen LogP contribution in [0.2, 0.25) is 0 Å². The Labute approximate surface area is 181 Å². The average Bonchev–Trinajstić information content (AvgIpc) is 2.71. The fourth-order valence-electron chi connectivity index (χ4n) is 3.96. The summed E-state index contributed by atoms with van der Waals surface area (Å²) in [6.45, 7) is 10.4. The highest BCUT2D eigenvalue weighted by Crippen LogP contribution is 2.25. The highest BCUT2D eigenvalue weighted by Gasteiger charge is 2.27. The van der Waals surface area contributed by atoms with Crippen LogP contribution in [0.5, 0.6) is 0 Å². The number of rotatable bonds is 8. The Kier molecular flexibility index (Phi) is 7.83. The topological polar surface area (TPSA) is 49.9 Å². The highest BCUT2D eigenvalue weighted by molar-refractivity contribution is 7.89. The molecule has 162 valence electrons. The Balaban J connectivity index is 1.84. The van der Waals surface area contributed by atoms with Gasteiger partial charge in [-0.25, -0.2) is 8.42 Å². The number of aryl methyl sites for hydroxylation is 3. The first-order chi connectivity index (χ1) is 14.4. The molecule has 5 nitrogen and oxygen atoms in total. The van der Waals surface area contributed by atoms with Crippen LogP contribution in [0, 0.1) is 20.8 Å². The lowest BCUT2D eigenvalue weighted by molar-refractivity contribution is 0.0365. The summed E-state index contributed by atoms with van der Waals surface area (Å²) in [5.74, 6) is 0. The monoisotopic (exact) mass is 428 g/mol. The number of morpholine rings is 1. The summed E-state index contributed by atoms with van der Waals surface area (Å²) >= 11 is 0. The van der Waals surface area contributed by atoms with Crippen molar-refractivity contribution in [3.63, 3.8) is 0 Å².